The van der Waals surface area contributed by atoms with E-state index in [9.17, 15) is 0 Å². The second kappa shape index (κ2) is 6.71. The van der Waals surface area contributed by atoms with Crippen molar-refractivity contribution in [3.05, 3.63) is 60.1 Å². The summed E-state index contributed by atoms with van der Waals surface area (Å²) in [7, 11) is 0. The van der Waals surface area contributed by atoms with E-state index >= 15 is 0 Å². The first-order valence-corrected chi connectivity index (χ1v) is 6.48. The van der Waals surface area contributed by atoms with E-state index < -0.39 is 0 Å². The molecule has 1 nitrogen and oxygen atoms in total. The van der Waals surface area contributed by atoms with Crippen molar-refractivity contribution in [2.45, 2.75) is 32.1 Å². The molecule has 0 saturated heterocycles. The van der Waals surface area contributed by atoms with Gasteiger partial charge in [0.25, 0.3) is 0 Å². The Hall–Kier alpha value is -1.94. The van der Waals surface area contributed by atoms with E-state index in [0.29, 0.717) is 0 Å². The molecule has 1 unspecified atom stereocenters. The van der Waals surface area contributed by atoms with Gasteiger partial charge in [-0.25, -0.2) is 0 Å². The largest absolute Gasteiger partial charge is 0.468 e. The smallest absolute Gasteiger partial charge is 0.123 e. The van der Waals surface area contributed by atoms with Gasteiger partial charge in [0.05, 0.1) is 6.26 Å². The molecule has 1 heterocycles. The Labute approximate surface area is 109 Å². The molecule has 0 aliphatic rings. The molecular weight excluding hydrogens is 220 g/mol. The highest BCUT2D eigenvalue weighted by Gasteiger charge is 2.13. The second-order valence-corrected chi connectivity index (χ2v) is 4.28. The summed E-state index contributed by atoms with van der Waals surface area (Å²) in [5.41, 5.74) is 1.19. The highest BCUT2D eigenvalue weighted by Crippen LogP contribution is 2.24. The maximum Gasteiger partial charge on any atom is 0.123 e. The Morgan fingerprint density at radius 2 is 1.94 bits per heavy atom. The zero-order valence-corrected chi connectivity index (χ0v) is 10.7. The minimum Gasteiger partial charge on any atom is -0.468 e. The summed E-state index contributed by atoms with van der Waals surface area (Å²) in [6, 6.07) is 14.2. The summed E-state index contributed by atoms with van der Waals surface area (Å²) >= 11 is 0. The summed E-state index contributed by atoms with van der Waals surface area (Å²) in [6.45, 7) is 2.18. The summed E-state index contributed by atoms with van der Waals surface area (Å²) in [4.78, 5) is 0. The highest BCUT2D eigenvalue weighted by atomic mass is 16.3. The first-order chi connectivity index (χ1) is 8.92. The molecule has 0 aliphatic heterocycles. The van der Waals surface area contributed by atoms with Gasteiger partial charge in [-0.3, -0.25) is 0 Å². The van der Waals surface area contributed by atoms with Gasteiger partial charge in [0, 0.05) is 6.42 Å². The first kappa shape index (κ1) is 12.5. The Kier molecular flexibility index (Phi) is 4.67. The number of benzene rings is 1. The molecule has 0 N–H and O–H groups in total. The van der Waals surface area contributed by atoms with Gasteiger partial charge >= 0.3 is 0 Å². The average molecular weight is 238 g/mol. The van der Waals surface area contributed by atoms with Crippen molar-refractivity contribution in [3.8, 4) is 11.8 Å². The number of hydrogen-bond donors (Lipinski definition) is 0. The van der Waals surface area contributed by atoms with Gasteiger partial charge in [-0.2, -0.15) is 0 Å². The monoisotopic (exact) mass is 238 g/mol. The lowest BCUT2D eigenvalue weighted by Gasteiger charge is -2.07. The van der Waals surface area contributed by atoms with Crippen molar-refractivity contribution >= 4 is 0 Å². The molecule has 2 aromatic rings. The Morgan fingerprint density at radius 3 is 2.61 bits per heavy atom. The molecule has 18 heavy (non-hydrogen) atoms. The van der Waals surface area contributed by atoms with Gasteiger partial charge in [-0.15, -0.1) is 5.92 Å². The van der Waals surface area contributed by atoms with Crippen molar-refractivity contribution in [2.24, 2.45) is 0 Å². The predicted molar refractivity (Wildman–Crippen MR) is 74.3 cm³/mol. The van der Waals surface area contributed by atoms with E-state index in [-0.39, 0.29) is 5.92 Å². The number of unbranched alkanes of at least 4 members (excludes halogenated alkanes) is 2. The van der Waals surface area contributed by atoms with Crippen molar-refractivity contribution in [3.63, 3.8) is 0 Å². The fourth-order valence-electron chi connectivity index (χ4n) is 1.86. The molecule has 0 bridgehead atoms. The zero-order valence-electron chi connectivity index (χ0n) is 10.7. The van der Waals surface area contributed by atoms with E-state index in [4.69, 9.17) is 4.42 Å². The molecule has 1 aromatic heterocycles. The topological polar surface area (TPSA) is 13.1 Å². The van der Waals surface area contributed by atoms with Gasteiger partial charge in [0.1, 0.15) is 11.7 Å². The van der Waals surface area contributed by atoms with Crippen LogP contribution in [-0.2, 0) is 0 Å². The maximum atomic E-state index is 5.50. The van der Waals surface area contributed by atoms with Crippen molar-refractivity contribution < 1.29 is 4.42 Å². The minimum atomic E-state index is 0.0538. The summed E-state index contributed by atoms with van der Waals surface area (Å²) in [6.07, 6.45) is 5.01. The van der Waals surface area contributed by atoms with Gasteiger partial charge in [0.2, 0.25) is 0 Å². The summed E-state index contributed by atoms with van der Waals surface area (Å²) < 4.78 is 5.50. The summed E-state index contributed by atoms with van der Waals surface area (Å²) in [5.74, 6) is 7.57. The molecule has 1 heteroatoms. The lowest BCUT2D eigenvalue weighted by molar-refractivity contribution is 0.509. The Morgan fingerprint density at radius 1 is 1.11 bits per heavy atom. The fraction of sp³-hybridized carbons (Fsp3) is 0.294. The predicted octanol–water partition coefficient (Wildman–Crippen LogP) is 4.61. The van der Waals surface area contributed by atoms with E-state index in [1.54, 1.807) is 6.26 Å². The van der Waals surface area contributed by atoms with Gasteiger partial charge in [0.15, 0.2) is 0 Å². The van der Waals surface area contributed by atoms with Crippen LogP contribution in [0.25, 0.3) is 0 Å². The number of hydrogen-bond acceptors (Lipinski definition) is 1. The van der Waals surface area contributed by atoms with E-state index in [0.717, 1.165) is 18.6 Å². The molecular formula is C17H18O. The lowest BCUT2D eigenvalue weighted by Crippen LogP contribution is -1.96. The SMILES string of the molecule is CCCCC#CC(c1ccccc1)c1ccco1. The van der Waals surface area contributed by atoms with Crippen LogP contribution >= 0.6 is 0 Å². The van der Waals surface area contributed by atoms with Gasteiger partial charge in [-0.1, -0.05) is 49.6 Å². The third kappa shape index (κ3) is 3.28. The molecule has 0 amide bonds. The molecule has 92 valence electrons. The second-order valence-electron chi connectivity index (χ2n) is 4.28. The average Bonchev–Trinajstić information content (AvgIpc) is 2.94. The first-order valence-electron chi connectivity index (χ1n) is 6.48. The van der Waals surface area contributed by atoms with Gasteiger partial charge < -0.3 is 4.42 Å². The Bertz CT molecular complexity index is 500. The van der Waals surface area contributed by atoms with Crippen LogP contribution in [0.4, 0.5) is 0 Å². The fourth-order valence-corrected chi connectivity index (χ4v) is 1.86. The highest BCUT2D eigenvalue weighted by molar-refractivity contribution is 5.35. The molecule has 0 saturated carbocycles. The van der Waals surface area contributed by atoms with Crippen LogP contribution in [0.3, 0.4) is 0 Å². The van der Waals surface area contributed by atoms with Crippen LogP contribution in [-0.4, -0.2) is 0 Å². The molecule has 1 atom stereocenters. The van der Waals surface area contributed by atoms with Crippen LogP contribution in [0.15, 0.2) is 53.1 Å². The molecule has 0 fully saturated rings. The third-order valence-corrected chi connectivity index (χ3v) is 2.86. The van der Waals surface area contributed by atoms with Crippen molar-refractivity contribution in [2.75, 3.05) is 0 Å². The third-order valence-electron chi connectivity index (χ3n) is 2.86. The summed E-state index contributed by atoms with van der Waals surface area (Å²) in [5, 5.41) is 0. The maximum absolute atomic E-state index is 5.50. The minimum absolute atomic E-state index is 0.0538. The Balaban J connectivity index is 2.21. The number of rotatable bonds is 4. The molecule has 0 spiro atoms. The van der Waals surface area contributed by atoms with Crippen molar-refractivity contribution in [1.29, 1.82) is 0 Å². The molecule has 0 aliphatic carbocycles. The standard InChI is InChI=1S/C17H18O/c1-2-3-4-8-12-16(17-13-9-14-18-17)15-10-6-5-7-11-15/h5-7,9-11,13-14,16H,2-4H2,1H3. The van der Waals surface area contributed by atoms with Crippen LogP contribution in [0.5, 0.6) is 0 Å². The molecule has 0 radical (unpaired) electrons. The quantitative estimate of drug-likeness (QED) is 0.560. The lowest BCUT2D eigenvalue weighted by atomic mass is 9.97. The van der Waals surface area contributed by atoms with Crippen molar-refractivity contribution in [1.82, 2.24) is 0 Å². The normalized spacial score (nSPS) is 11.6. The van der Waals surface area contributed by atoms with Gasteiger partial charge in [-0.05, 0) is 24.1 Å². The van der Waals surface area contributed by atoms with Crippen LogP contribution < -0.4 is 0 Å². The molecule has 1 aromatic carbocycles. The van der Waals surface area contributed by atoms with E-state index in [2.05, 4.69) is 30.9 Å². The van der Waals surface area contributed by atoms with Crippen LogP contribution in [0.2, 0.25) is 0 Å². The number of furan rings is 1. The van der Waals surface area contributed by atoms with Crippen LogP contribution in [0, 0.1) is 11.8 Å². The van der Waals surface area contributed by atoms with E-state index in [1.165, 1.54) is 12.0 Å². The van der Waals surface area contributed by atoms with E-state index in [1.807, 2.05) is 30.3 Å². The molecule has 2 rings (SSSR count). The zero-order chi connectivity index (χ0) is 12.6. The van der Waals surface area contributed by atoms with Crippen LogP contribution in [0.1, 0.15) is 43.4 Å².